The van der Waals surface area contributed by atoms with Crippen LogP contribution >= 0.6 is 0 Å². The molecule has 0 fully saturated rings. The SMILES string of the molecule is CC(=O)C(=O)O.O=C(O)C1CCC=CN1.O=C(O)c1ccccn1. The molecule has 0 radical (unpaired) electrons. The van der Waals surface area contributed by atoms with Gasteiger partial charge in [-0.2, -0.15) is 0 Å². The molecule has 2 heterocycles. The molecule has 24 heavy (non-hydrogen) atoms. The third-order valence-electron chi connectivity index (χ3n) is 2.52. The van der Waals surface area contributed by atoms with E-state index in [4.69, 9.17) is 15.3 Å². The first kappa shape index (κ1) is 20.8. The summed E-state index contributed by atoms with van der Waals surface area (Å²) in [5.41, 5.74) is 0.0810. The van der Waals surface area contributed by atoms with Crippen molar-refractivity contribution in [1.29, 1.82) is 0 Å². The van der Waals surface area contributed by atoms with E-state index in [1.54, 1.807) is 18.3 Å². The van der Waals surface area contributed by atoms with Crippen LogP contribution in [0.3, 0.4) is 0 Å². The molecule has 0 bridgehead atoms. The van der Waals surface area contributed by atoms with Crippen LogP contribution in [0.1, 0.15) is 30.3 Å². The van der Waals surface area contributed by atoms with Crippen molar-refractivity contribution in [3.8, 4) is 0 Å². The number of Topliss-reactive ketones (excluding diaryl/α,β-unsaturated/α-hetero) is 1. The summed E-state index contributed by atoms with van der Waals surface area (Å²) >= 11 is 0. The topological polar surface area (TPSA) is 154 Å². The number of rotatable bonds is 3. The fraction of sp³-hybridized carbons (Fsp3) is 0.267. The molecule has 1 unspecified atom stereocenters. The Hall–Kier alpha value is -3.23. The lowest BCUT2D eigenvalue weighted by molar-refractivity contribution is -0.148. The molecule has 0 saturated heterocycles. The Morgan fingerprint density at radius 3 is 2.04 bits per heavy atom. The Labute approximate surface area is 137 Å². The maximum Gasteiger partial charge on any atom is 0.371 e. The predicted octanol–water partition coefficient (Wildman–Crippen LogP) is 0.776. The molecule has 2 rings (SSSR count). The van der Waals surface area contributed by atoms with Gasteiger partial charge in [0.1, 0.15) is 11.7 Å². The van der Waals surface area contributed by atoms with Gasteiger partial charge >= 0.3 is 17.9 Å². The van der Waals surface area contributed by atoms with E-state index in [1.165, 1.54) is 12.3 Å². The van der Waals surface area contributed by atoms with Gasteiger partial charge < -0.3 is 20.6 Å². The molecular weight excluding hydrogens is 320 g/mol. The van der Waals surface area contributed by atoms with Gasteiger partial charge in [-0.15, -0.1) is 0 Å². The zero-order chi connectivity index (χ0) is 18.5. The molecule has 1 aromatic heterocycles. The zero-order valence-corrected chi connectivity index (χ0v) is 12.9. The Morgan fingerprint density at radius 2 is 1.79 bits per heavy atom. The number of carboxylic acid groups (broad SMARTS) is 3. The monoisotopic (exact) mass is 338 g/mol. The molecule has 0 aliphatic carbocycles. The van der Waals surface area contributed by atoms with Crippen molar-refractivity contribution in [3.63, 3.8) is 0 Å². The van der Waals surface area contributed by atoms with Crippen molar-refractivity contribution in [2.75, 3.05) is 0 Å². The number of carboxylic acids is 3. The van der Waals surface area contributed by atoms with Crippen LogP contribution in [0.2, 0.25) is 0 Å². The van der Waals surface area contributed by atoms with Crippen LogP contribution < -0.4 is 5.32 Å². The van der Waals surface area contributed by atoms with Crippen LogP contribution in [0, 0.1) is 0 Å². The van der Waals surface area contributed by atoms with Crippen LogP contribution in [0.5, 0.6) is 0 Å². The number of hydrogen-bond acceptors (Lipinski definition) is 6. The van der Waals surface area contributed by atoms with Gasteiger partial charge in [-0.1, -0.05) is 12.1 Å². The number of aromatic carboxylic acids is 1. The summed E-state index contributed by atoms with van der Waals surface area (Å²) in [5, 5.41) is 27.1. The Bertz CT molecular complexity index is 587. The minimum atomic E-state index is -1.38. The smallest absolute Gasteiger partial charge is 0.371 e. The van der Waals surface area contributed by atoms with E-state index in [9.17, 15) is 19.2 Å². The van der Waals surface area contributed by atoms with Crippen LogP contribution in [0.25, 0.3) is 0 Å². The second kappa shape index (κ2) is 11.4. The van der Waals surface area contributed by atoms with Gasteiger partial charge in [0, 0.05) is 13.1 Å². The molecule has 1 aromatic rings. The Balaban J connectivity index is 0.000000340. The minimum Gasteiger partial charge on any atom is -0.480 e. The number of allylic oxidation sites excluding steroid dienone is 1. The number of nitrogens with one attached hydrogen (secondary N) is 1. The number of ketones is 1. The number of hydrogen-bond donors (Lipinski definition) is 4. The highest BCUT2D eigenvalue weighted by molar-refractivity contribution is 6.31. The molecule has 1 atom stereocenters. The molecule has 130 valence electrons. The molecule has 0 saturated carbocycles. The van der Waals surface area contributed by atoms with E-state index < -0.39 is 23.7 Å². The second-order valence-corrected chi connectivity index (χ2v) is 4.42. The maximum atomic E-state index is 10.3. The van der Waals surface area contributed by atoms with E-state index in [1.807, 2.05) is 6.08 Å². The first-order chi connectivity index (χ1) is 11.3. The van der Waals surface area contributed by atoms with Gasteiger partial charge in [0.2, 0.25) is 5.78 Å². The molecule has 9 nitrogen and oxygen atoms in total. The van der Waals surface area contributed by atoms with E-state index in [2.05, 4.69) is 10.3 Å². The van der Waals surface area contributed by atoms with E-state index in [-0.39, 0.29) is 11.7 Å². The standard InChI is InChI=1S/C6H9NO2.C6H5NO2.C3H4O3/c2*8-6(9)5-3-1-2-4-7-5;1-2(4)3(5)6/h2,4-5,7H,1,3H2,(H,8,9);1-4H,(H,8,9);1H3,(H,5,6). The number of carbonyl (C=O) groups excluding carboxylic acids is 1. The molecule has 0 amide bonds. The normalized spacial score (nSPS) is 14.6. The maximum absolute atomic E-state index is 10.3. The Morgan fingerprint density at radius 1 is 1.17 bits per heavy atom. The van der Waals surface area contributed by atoms with E-state index >= 15 is 0 Å². The van der Waals surface area contributed by atoms with Gasteiger partial charge in [-0.05, 0) is 31.2 Å². The lowest BCUT2D eigenvalue weighted by Gasteiger charge is -2.14. The zero-order valence-electron chi connectivity index (χ0n) is 12.9. The molecule has 1 aliphatic heterocycles. The number of nitrogens with zero attached hydrogens (tertiary/aromatic N) is 1. The van der Waals surface area contributed by atoms with Crippen molar-refractivity contribution in [3.05, 3.63) is 42.4 Å². The van der Waals surface area contributed by atoms with E-state index in [0.717, 1.165) is 13.3 Å². The fourth-order valence-electron chi connectivity index (χ4n) is 1.30. The van der Waals surface area contributed by atoms with Crippen molar-refractivity contribution in [2.45, 2.75) is 25.8 Å². The molecule has 1 aliphatic rings. The van der Waals surface area contributed by atoms with Crippen LogP contribution in [-0.2, 0) is 14.4 Å². The van der Waals surface area contributed by atoms with Crippen molar-refractivity contribution in [2.24, 2.45) is 0 Å². The largest absolute Gasteiger partial charge is 0.480 e. The van der Waals surface area contributed by atoms with Crippen molar-refractivity contribution < 1.29 is 34.5 Å². The number of aliphatic carboxylic acids is 2. The van der Waals surface area contributed by atoms with Crippen LogP contribution in [0.4, 0.5) is 0 Å². The average molecular weight is 338 g/mol. The highest BCUT2D eigenvalue weighted by Crippen LogP contribution is 2.03. The highest BCUT2D eigenvalue weighted by atomic mass is 16.4. The minimum absolute atomic E-state index is 0.0810. The predicted molar refractivity (Wildman–Crippen MR) is 82.4 cm³/mol. The van der Waals surface area contributed by atoms with Gasteiger partial charge in [0.15, 0.2) is 0 Å². The third-order valence-corrected chi connectivity index (χ3v) is 2.52. The Kier molecular flexibility index (Phi) is 9.82. The van der Waals surface area contributed by atoms with E-state index in [0.29, 0.717) is 6.42 Å². The second-order valence-electron chi connectivity index (χ2n) is 4.42. The number of pyridine rings is 1. The molecule has 9 heteroatoms. The summed E-state index contributed by atoms with van der Waals surface area (Å²) < 4.78 is 0. The summed E-state index contributed by atoms with van der Waals surface area (Å²) in [6, 6.07) is 4.39. The summed E-state index contributed by atoms with van der Waals surface area (Å²) in [4.78, 5) is 42.9. The first-order valence-corrected chi connectivity index (χ1v) is 6.77. The summed E-state index contributed by atoms with van der Waals surface area (Å²) in [6.07, 6.45) is 6.64. The first-order valence-electron chi connectivity index (χ1n) is 6.77. The third kappa shape index (κ3) is 9.66. The summed E-state index contributed by atoms with van der Waals surface area (Å²) in [6.45, 7) is 1.00. The fourth-order valence-corrected chi connectivity index (χ4v) is 1.30. The summed E-state index contributed by atoms with van der Waals surface area (Å²) in [7, 11) is 0. The molecule has 0 spiro atoms. The molecular formula is C15H18N2O7. The van der Waals surface area contributed by atoms with Crippen molar-refractivity contribution in [1.82, 2.24) is 10.3 Å². The molecule has 4 N–H and O–H groups in total. The van der Waals surface area contributed by atoms with Gasteiger partial charge in [0.05, 0.1) is 0 Å². The van der Waals surface area contributed by atoms with Gasteiger partial charge in [-0.3, -0.25) is 4.79 Å². The quantitative estimate of drug-likeness (QED) is 0.585. The highest BCUT2D eigenvalue weighted by Gasteiger charge is 2.15. The lowest BCUT2D eigenvalue weighted by Crippen LogP contribution is -2.34. The lowest BCUT2D eigenvalue weighted by atomic mass is 10.1. The van der Waals surface area contributed by atoms with Gasteiger partial charge in [0.25, 0.3) is 0 Å². The van der Waals surface area contributed by atoms with Gasteiger partial charge in [-0.25, -0.2) is 19.4 Å². The number of aromatic nitrogens is 1. The van der Waals surface area contributed by atoms with Crippen molar-refractivity contribution >= 4 is 23.7 Å². The summed E-state index contributed by atoms with van der Waals surface area (Å²) in [5.74, 6) is -3.96. The van der Waals surface area contributed by atoms with Crippen LogP contribution in [-0.4, -0.2) is 50.0 Å². The molecule has 0 aromatic carbocycles. The number of carbonyl (C=O) groups is 4. The van der Waals surface area contributed by atoms with Crippen LogP contribution in [0.15, 0.2) is 36.7 Å². The average Bonchev–Trinajstić information content (AvgIpc) is 2.57.